The molecule has 6 rings (SSSR count). The van der Waals surface area contributed by atoms with Crippen molar-refractivity contribution in [1.29, 1.82) is 0 Å². The fourth-order valence-corrected chi connectivity index (χ4v) is 7.54. The maximum atomic E-state index is 3.30. The molecular formula is C30H24Cl2SiZr-2. The third-order valence-corrected chi connectivity index (χ3v) is 11.4. The monoisotopic (exact) mass is 572 g/mol. The number of rotatable bonds is 2. The molecule has 1 aliphatic carbocycles. The van der Waals surface area contributed by atoms with Gasteiger partial charge in [0.25, 0.3) is 0 Å². The molecule has 5 aromatic carbocycles. The predicted octanol–water partition coefficient (Wildman–Crippen LogP) is -0.189. The Balaban J connectivity index is 0.000000191. The van der Waals surface area contributed by atoms with Crippen LogP contribution in [0.25, 0.3) is 11.1 Å². The number of hydrogen-bond acceptors (Lipinski definition) is 0. The second kappa shape index (κ2) is 15.0. The largest absolute Gasteiger partial charge is 0.214 e. The summed E-state index contributed by atoms with van der Waals surface area (Å²) in [6.07, 6.45) is 1.05. The Bertz CT molecular complexity index is 1150. The molecule has 1 aliphatic rings. The van der Waals surface area contributed by atoms with E-state index in [9.17, 15) is 0 Å². The molecule has 0 spiro atoms. The normalized spacial score (nSPS) is 9.94. The second-order valence-corrected chi connectivity index (χ2v) is 13.1. The topological polar surface area (TPSA) is 0 Å². The van der Waals surface area contributed by atoms with Gasteiger partial charge in [-0.15, -0.1) is 5.56 Å². The molecule has 0 atom stereocenters. The van der Waals surface area contributed by atoms with Crippen molar-refractivity contribution < 1.29 is 48.1 Å². The van der Waals surface area contributed by atoms with Crippen LogP contribution in [0.5, 0.6) is 0 Å². The molecule has 0 nitrogen and oxygen atoms in total. The van der Waals surface area contributed by atoms with Crippen LogP contribution in [0.4, 0.5) is 0 Å². The maximum absolute atomic E-state index is 3.30. The minimum Gasteiger partial charge on any atom is -0.214 e. The fraction of sp³-hybridized carbons (Fsp3) is 0.0333. The van der Waals surface area contributed by atoms with Gasteiger partial charge in [0.1, 0.15) is 0 Å². The quantitative estimate of drug-likeness (QED) is 0.199. The number of benzene rings is 4. The summed E-state index contributed by atoms with van der Waals surface area (Å²) in [7, 11) is 0. The smallest absolute Gasteiger partial charge is 0.0253 e. The Morgan fingerprint density at radius 1 is 0.618 bits per heavy atom. The molecule has 5 aromatic rings. The van der Waals surface area contributed by atoms with E-state index in [1.54, 1.807) is 23.3 Å². The molecule has 0 unspecified atom stereocenters. The maximum Gasteiger partial charge on any atom is -0.0253 e. The Kier molecular flexibility index (Phi) is 12.4. The van der Waals surface area contributed by atoms with Gasteiger partial charge in [-0.25, -0.2) is 12.1 Å². The third-order valence-electron chi connectivity index (χ3n) is 5.30. The predicted molar refractivity (Wildman–Crippen MR) is 133 cm³/mol. The van der Waals surface area contributed by atoms with Crippen LogP contribution in [0.3, 0.4) is 0 Å². The molecule has 0 aromatic heterocycles. The molecular weight excluding hydrogens is 551 g/mol. The van der Waals surface area contributed by atoms with Crippen molar-refractivity contribution in [2.24, 2.45) is 0 Å². The minimum atomic E-state index is -0.455. The summed E-state index contributed by atoms with van der Waals surface area (Å²) >= 11 is 1.64. The van der Waals surface area contributed by atoms with E-state index in [0.717, 1.165) is 6.42 Å². The molecule has 168 valence electrons. The molecule has 0 saturated carbocycles. The molecule has 0 saturated heterocycles. The average Bonchev–Trinajstić information content (AvgIpc) is 3.57. The van der Waals surface area contributed by atoms with Crippen LogP contribution in [0.2, 0.25) is 0 Å². The molecule has 34 heavy (non-hydrogen) atoms. The Morgan fingerprint density at radius 2 is 1.15 bits per heavy atom. The van der Waals surface area contributed by atoms with Crippen molar-refractivity contribution in [3.05, 3.63) is 151 Å². The summed E-state index contributed by atoms with van der Waals surface area (Å²) < 4.78 is 0. The minimum absolute atomic E-state index is 0. The van der Waals surface area contributed by atoms with Crippen LogP contribution in [-0.2, 0) is 29.8 Å². The van der Waals surface area contributed by atoms with Crippen molar-refractivity contribution in [3.63, 3.8) is 0 Å². The first-order valence-corrected chi connectivity index (χ1v) is 16.0. The summed E-state index contributed by atoms with van der Waals surface area (Å²) in [5.41, 5.74) is 5.06. The van der Waals surface area contributed by atoms with Crippen LogP contribution in [-0.4, -0.2) is 5.43 Å². The van der Waals surface area contributed by atoms with E-state index in [2.05, 4.69) is 103 Å². The fourth-order valence-electron chi connectivity index (χ4n) is 3.69. The van der Waals surface area contributed by atoms with E-state index in [-0.39, 0.29) is 24.8 Å². The Morgan fingerprint density at radius 3 is 1.71 bits per heavy atom. The van der Waals surface area contributed by atoms with E-state index in [0.29, 0.717) is 0 Å². The number of halogens is 2. The Hall–Kier alpha value is -2.09. The van der Waals surface area contributed by atoms with Crippen molar-refractivity contribution in [2.75, 3.05) is 0 Å². The van der Waals surface area contributed by atoms with Gasteiger partial charge in [-0.3, -0.25) is 0 Å². The first-order chi connectivity index (χ1) is 15.8. The summed E-state index contributed by atoms with van der Waals surface area (Å²) in [4.78, 5) is 0. The van der Waals surface area contributed by atoms with Gasteiger partial charge in [0.05, 0.1) is 0 Å². The number of hydrogen-bond donors (Lipinski definition) is 0. The van der Waals surface area contributed by atoms with Crippen LogP contribution in [0, 0.1) is 6.07 Å². The van der Waals surface area contributed by atoms with Gasteiger partial charge in [0.2, 0.25) is 0 Å². The molecule has 0 bridgehead atoms. The van der Waals surface area contributed by atoms with Gasteiger partial charge >= 0.3 is 99.8 Å². The van der Waals surface area contributed by atoms with Crippen LogP contribution in [0.1, 0.15) is 11.1 Å². The zero-order valence-corrected chi connectivity index (χ0v) is 23.6. The molecule has 4 heteroatoms. The van der Waals surface area contributed by atoms with Gasteiger partial charge in [-0.05, 0) is 6.42 Å². The molecule has 0 amide bonds. The van der Waals surface area contributed by atoms with E-state index < -0.39 is 5.43 Å². The number of fused-ring (bicyclic) bond motifs is 3. The van der Waals surface area contributed by atoms with Gasteiger partial charge in [0.15, 0.2) is 0 Å². The first kappa shape index (κ1) is 28.1. The summed E-state index contributed by atoms with van der Waals surface area (Å²) in [5, 5.41) is 3.03. The summed E-state index contributed by atoms with van der Waals surface area (Å²) in [5.74, 6) is 0. The van der Waals surface area contributed by atoms with E-state index in [1.807, 2.05) is 36.4 Å². The van der Waals surface area contributed by atoms with Crippen LogP contribution >= 0.6 is 0 Å². The van der Waals surface area contributed by atoms with Gasteiger partial charge < -0.3 is 24.8 Å². The zero-order valence-electron chi connectivity index (χ0n) is 18.7. The third kappa shape index (κ3) is 7.72. The first-order valence-electron chi connectivity index (χ1n) is 10.8. The SMILES string of the molecule is [Cl-].[Cl-].[Zr+2]=[Si](c1ccccc1)c1ccccc1.[c-]1cccc2c1Cc1ccccc1-2.c1cc[cH-]c1. The zero-order chi connectivity index (χ0) is 22.0. The van der Waals surface area contributed by atoms with E-state index in [4.69, 9.17) is 0 Å². The van der Waals surface area contributed by atoms with Crippen LogP contribution in [0.15, 0.2) is 133 Å². The van der Waals surface area contributed by atoms with Crippen molar-refractivity contribution in [2.45, 2.75) is 6.42 Å². The van der Waals surface area contributed by atoms with Gasteiger partial charge in [-0.1, -0.05) is 35.4 Å². The van der Waals surface area contributed by atoms with E-state index >= 15 is 0 Å². The molecule has 0 radical (unpaired) electrons. The van der Waals surface area contributed by atoms with Crippen molar-refractivity contribution >= 4 is 15.8 Å². The van der Waals surface area contributed by atoms with E-state index in [1.165, 1.54) is 32.6 Å². The molecule has 0 N–H and O–H groups in total. The average molecular weight is 575 g/mol. The molecule has 0 fully saturated rings. The molecule has 0 aliphatic heterocycles. The van der Waals surface area contributed by atoms with Crippen molar-refractivity contribution in [1.82, 2.24) is 0 Å². The summed E-state index contributed by atoms with van der Waals surface area (Å²) in [6, 6.07) is 49.8. The van der Waals surface area contributed by atoms with Crippen LogP contribution < -0.4 is 35.2 Å². The van der Waals surface area contributed by atoms with Gasteiger partial charge in [-0.2, -0.15) is 48.0 Å². The standard InChI is InChI=1S/C13H9.C12H10Si.C5H5.2ClH.Zr/c1-3-7-12-10(5-1)9-11-6-2-4-8-13(11)12;1-3-7-11(8-4-1)13-12-9-5-2-6-10-12;1-2-4-5-3-1;;;/h1-5,7-8H,9H2;1-10H;1-5H;2*1H;/q-1;;-1;;;+2/p-2. The Labute approximate surface area is 230 Å². The second-order valence-electron chi connectivity index (χ2n) is 7.47. The van der Waals surface area contributed by atoms with Crippen molar-refractivity contribution in [3.8, 4) is 11.1 Å². The molecule has 0 heterocycles. The summed E-state index contributed by atoms with van der Waals surface area (Å²) in [6.45, 7) is 0. The van der Waals surface area contributed by atoms with Gasteiger partial charge in [0, 0.05) is 0 Å².